The minimum atomic E-state index is -0.230. The van der Waals surface area contributed by atoms with Crippen LogP contribution >= 0.6 is 15.9 Å². The zero-order chi connectivity index (χ0) is 16.8. The highest BCUT2D eigenvalue weighted by atomic mass is 79.9. The van der Waals surface area contributed by atoms with Crippen LogP contribution in [0.1, 0.15) is 24.0 Å². The summed E-state index contributed by atoms with van der Waals surface area (Å²) in [5.41, 5.74) is 3.49. The van der Waals surface area contributed by atoms with Gasteiger partial charge in [0, 0.05) is 10.2 Å². The zero-order valence-electron chi connectivity index (χ0n) is 13.5. The van der Waals surface area contributed by atoms with Crippen molar-refractivity contribution in [1.82, 2.24) is 5.32 Å². The summed E-state index contributed by atoms with van der Waals surface area (Å²) in [7, 11) is 0. The Bertz CT molecular complexity index is 718. The van der Waals surface area contributed by atoms with Crippen LogP contribution in [0.5, 0.6) is 5.75 Å². The largest absolute Gasteiger partial charge is 0.491 e. The first-order valence-electron chi connectivity index (χ1n) is 8.26. The van der Waals surface area contributed by atoms with Crippen LogP contribution in [-0.4, -0.2) is 19.2 Å². The van der Waals surface area contributed by atoms with E-state index in [0.717, 1.165) is 28.8 Å². The smallest absolute Gasteiger partial charge is 0.319 e. The van der Waals surface area contributed by atoms with E-state index in [9.17, 15) is 4.79 Å². The van der Waals surface area contributed by atoms with E-state index < -0.39 is 0 Å². The zero-order valence-corrected chi connectivity index (χ0v) is 15.1. The number of ether oxygens (including phenoxy) is 1. The Hall–Kier alpha value is -2.01. The quantitative estimate of drug-likeness (QED) is 0.739. The summed E-state index contributed by atoms with van der Waals surface area (Å²) in [4.78, 5) is 11.9. The molecule has 0 unspecified atom stereocenters. The second-order valence-corrected chi connectivity index (χ2v) is 6.76. The van der Waals surface area contributed by atoms with Crippen LogP contribution in [0.2, 0.25) is 0 Å². The van der Waals surface area contributed by atoms with Crippen molar-refractivity contribution in [3.63, 3.8) is 0 Å². The monoisotopic (exact) mass is 388 g/mol. The topological polar surface area (TPSA) is 50.4 Å². The Labute approximate surface area is 150 Å². The summed E-state index contributed by atoms with van der Waals surface area (Å²) in [5.74, 6) is 0.960. The highest BCUT2D eigenvalue weighted by Gasteiger charge is 2.13. The number of anilines is 1. The number of carbonyl (C=O) groups excluding carboxylic acids is 1. The van der Waals surface area contributed by atoms with Crippen molar-refractivity contribution < 1.29 is 9.53 Å². The van der Waals surface area contributed by atoms with Gasteiger partial charge in [-0.2, -0.15) is 0 Å². The number of carbonyl (C=O) groups is 1. The van der Waals surface area contributed by atoms with Gasteiger partial charge in [-0.15, -0.1) is 0 Å². The number of hydrogen-bond donors (Lipinski definition) is 2. The normalized spacial score (nSPS) is 13.0. The van der Waals surface area contributed by atoms with Crippen molar-refractivity contribution in [2.24, 2.45) is 0 Å². The molecule has 0 bridgehead atoms. The third-order valence-corrected chi connectivity index (χ3v) is 4.57. The van der Waals surface area contributed by atoms with Crippen molar-refractivity contribution >= 4 is 27.6 Å². The first-order valence-corrected chi connectivity index (χ1v) is 9.05. The maximum atomic E-state index is 11.9. The summed E-state index contributed by atoms with van der Waals surface area (Å²) in [6, 6.07) is 13.5. The first kappa shape index (κ1) is 16.8. The van der Waals surface area contributed by atoms with Gasteiger partial charge in [0.25, 0.3) is 0 Å². The van der Waals surface area contributed by atoms with Gasteiger partial charge in [0.05, 0.1) is 6.54 Å². The van der Waals surface area contributed by atoms with Gasteiger partial charge in [0.2, 0.25) is 0 Å². The van der Waals surface area contributed by atoms with Crippen molar-refractivity contribution in [2.75, 3.05) is 18.5 Å². The molecule has 2 amide bonds. The molecule has 3 rings (SSSR count). The molecule has 2 aromatic carbocycles. The van der Waals surface area contributed by atoms with Gasteiger partial charge in [0.15, 0.2) is 0 Å². The number of amides is 2. The van der Waals surface area contributed by atoms with Gasteiger partial charge in [-0.05, 0) is 61.1 Å². The number of benzene rings is 2. The molecule has 0 radical (unpaired) electrons. The average molecular weight is 389 g/mol. The van der Waals surface area contributed by atoms with Crippen LogP contribution in [0, 0.1) is 0 Å². The van der Waals surface area contributed by atoms with Crippen molar-refractivity contribution in [1.29, 1.82) is 0 Å². The maximum Gasteiger partial charge on any atom is 0.319 e. The first-order chi connectivity index (χ1) is 11.7. The average Bonchev–Trinajstić information content (AvgIpc) is 2.59. The highest BCUT2D eigenvalue weighted by Crippen LogP contribution is 2.29. The Morgan fingerprint density at radius 1 is 1.12 bits per heavy atom. The third kappa shape index (κ3) is 4.51. The molecule has 0 spiro atoms. The van der Waals surface area contributed by atoms with Gasteiger partial charge in [-0.1, -0.05) is 34.1 Å². The molecule has 0 heterocycles. The van der Waals surface area contributed by atoms with Gasteiger partial charge in [-0.25, -0.2) is 4.79 Å². The van der Waals surface area contributed by atoms with Gasteiger partial charge in [-0.3, -0.25) is 0 Å². The summed E-state index contributed by atoms with van der Waals surface area (Å²) >= 11 is 3.38. The molecule has 0 saturated heterocycles. The van der Waals surface area contributed by atoms with E-state index in [1.54, 1.807) is 0 Å². The second kappa shape index (κ2) is 8.20. The predicted molar refractivity (Wildman–Crippen MR) is 99.7 cm³/mol. The summed E-state index contributed by atoms with van der Waals surface area (Å²) in [6.07, 6.45) is 4.70. The van der Waals surface area contributed by atoms with Crippen LogP contribution in [0.15, 0.2) is 46.9 Å². The fraction of sp³-hybridized carbons (Fsp3) is 0.316. The van der Waals surface area contributed by atoms with E-state index in [-0.39, 0.29) is 6.03 Å². The molecule has 2 aromatic rings. The van der Waals surface area contributed by atoms with Gasteiger partial charge < -0.3 is 15.4 Å². The summed E-state index contributed by atoms with van der Waals surface area (Å²) in [6.45, 7) is 0.922. The van der Waals surface area contributed by atoms with Crippen LogP contribution in [-0.2, 0) is 12.8 Å². The van der Waals surface area contributed by atoms with E-state index in [1.165, 1.54) is 24.0 Å². The summed E-state index contributed by atoms with van der Waals surface area (Å²) in [5, 5.41) is 5.61. The van der Waals surface area contributed by atoms with E-state index in [4.69, 9.17) is 4.74 Å². The fourth-order valence-corrected chi connectivity index (χ4v) is 3.35. The number of urea groups is 1. The Balaban J connectivity index is 1.45. The lowest BCUT2D eigenvalue weighted by atomic mass is 9.91. The Morgan fingerprint density at radius 3 is 2.83 bits per heavy atom. The number of halogens is 1. The molecule has 24 heavy (non-hydrogen) atoms. The molecule has 5 heteroatoms. The molecule has 0 aromatic heterocycles. The maximum absolute atomic E-state index is 11.9. The van der Waals surface area contributed by atoms with E-state index >= 15 is 0 Å². The molecule has 2 N–H and O–H groups in total. The molecule has 0 fully saturated rings. The van der Waals surface area contributed by atoms with Crippen molar-refractivity contribution in [3.8, 4) is 5.75 Å². The number of hydrogen-bond acceptors (Lipinski definition) is 2. The molecule has 1 aliphatic carbocycles. The van der Waals surface area contributed by atoms with Crippen LogP contribution < -0.4 is 15.4 Å². The number of fused-ring (bicyclic) bond motifs is 1. The molecular weight excluding hydrogens is 368 g/mol. The second-order valence-electron chi connectivity index (χ2n) is 5.84. The van der Waals surface area contributed by atoms with Crippen LogP contribution in [0.25, 0.3) is 0 Å². The minimum absolute atomic E-state index is 0.230. The molecule has 0 saturated carbocycles. The molecule has 0 aliphatic heterocycles. The summed E-state index contributed by atoms with van der Waals surface area (Å²) < 4.78 is 6.80. The number of rotatable bonds is 5. The van der Waals surface area contributed by atoms with Crippen molar-refractivity contribution in [2.45, 2.75) is 25.7 Å². The Kier molecular flexibility index (Phi) is 5.75. The predicted octanol–water partition coefficient (Wildman–Crippen LogP) is 4.53. The lowest BCUT2D eigenvalue weighted by Crippen LogP contribution is -2.32. The minimum Gasteiger partial charge on any atom is -0.491 e. The number of aryl methyl sites for hydroxylation is 1. The van der Waals surface area contributed by atoms with E-state index in [1.807, 2.05) is 36.4 Å². The number of nitrogens with one attached hydrogen (secondary N) is 2. The highest BCUT2D eigenvalue weighted by molar-refractivity contribution is 9.10. The molecular formula is C19H21BrN2O2. The van der Waals surface area contributed by atoms with Crippen LogP contribution in [0.3, 0.4) is 0 Å². The van der Waals surface area contributed by atoms with E-state index in [2.05, 4.69) is 32.6 Å². The standard InChI is InChI=1S/C19H21BrN2O2/c20-15-7-4-8-16(13-15)22-19(23)21-11-12-24-18-10-3-6-14-5-1-2-9-17(14)18/h3-4,6-8,10,13H,1-2,5,9,11-12H2,(H2,21,22,23). The Morgan fingerprint density at radius 2 is 1.96 bits per heavy atom. The lowest BCUT2D eigenvalue weighted by Gasteiger charge is -2.19. The molecule has 0 atom stereocenters. The fourth-order valence-electron chi connectivity index (χ4n) is 2.95. The van der Waals surface area contributed by atoms with Crippen LogP contribution in [0.4, 0.5) is 10.5 Å². The lowest BCUT2D eigenvalue weighted by molar-refractivity contribution is 0.247. The molecule has 1 aliphatic rings. The van der Waals surface area contributed by atoms with E-state index in [0.29, 0.717) is 13.2 Å². The molecule has 4 nitrogen and oxygen atoms in total. The SMILES string of the molecule is O=C(NCCOc1cccc2c1CCCC2)Nc1cccc(Br)c1. The van der Waals surface area contributed by atoms with Gasteiger partial charge >= 0.3 is 6.03 Å². The third-order valence-electron chi connectivity index (χ3n) is 4.08. The van der Waals surface area contributed by atoms with Crippen molar-refractivity contribution in [3.05, 3.63) is 58.1 Å². The van der Waals surface area contributed by atoms with Gasteiger partial charge in [0.1, 0.15) is 12.4 Å². The molecule has 126 valence electrons.